The largest absolute Gasteiger partial charge is 0.382 e. The number of nitrogen functional groups attached to an aromatic ring is 1. The number of nitrogens with one attached hydrogen (secondary N) is 1. The van der Waals surface area contributed by atoms with Gasteiger partial charge in [0.2, 0.25) is 5.91 Å². The summed E-state index contributed by atoms with van der Waals surface area (Å²) in [4.78, 5) is 27.1. The van der Waals surface area contributed by atoms with Crippen molar-refractivity contribution in [2.24, 2.45) is 0 Å². The lowest BCUT2D eigenvalue weighted by molar-refractivity contribution is -0.214. The zero-order valence-electron chi connectivity index (χ0n) is 22.4. The van der Waals surface area contributed by atoms with Crippen LogP contribution in [0.25, 0.3) is 11.2 Å². The highest BCUT2D eigenvalue weighted by molar-refractivity contribution is 5.90. The Morgan fingerprint density at radius 3 is 2.71 bits per heavy atom. The Morgan fingerprint density at radius 1 is 1.21 bits per heavy atom. The first-order valence-electron chi connectivity index (χ1n) is 13.1. The number of fused-ring (bicyclic) bond motifs is 2. The number of carbonyl (C=O) groups excluding carboxylic acids is 1. The molecule has 2 aliphatic rings. The highest BCUT2D eigenvalue weighted by Crippen LogP contribution is 2.38. The minimum Gasteiger partial charge on any atom is -0.382 e. The van der Waals surface area contributed by atoms with Crippen LogP contribution in [-0.2, 0) is 25.4 Å². The molecule has 4 N–H and O–H groups in total. The van der Waals surface area contributed by atoms with Crippen LogP contribution in [0.5, 0.6) is 0 Å². The normalized spacial score (nSPS) is 26.0. The second-order valence-corrected chi connectivity index (χ2v) is 11.3. The van der Waals surface area contributed by atoms with Crippen LogP contribution >= 0.6 is 0 Å². The number of aromatic nitrogens is 4. The standard InChI is InChI=1S/C27H37N7O4/c1-17-33(12-6-5-7-21(35)32-19-10-8-18(9-11-19)26(2,3)4)13-20-23(38-17)27(36,14-37-20)34-16-31-22-24(28)29-15-30-25(22)34/h8-11,15-17,20,23,36H,5-7,12-14H2,1-4H3,(H,32,35)(H2,28,29,30)/t17?,20-,23-,27-/m1/s1. The average Bonchev–Trinajstić information content (AvgIpc) is 3.45. The number of nitrogens with zero attached hydrogens (tertiary/aromatic N) is 5. The van der Waals surface area contributed by atoms with Crippen molar-refractivity contribution in [2.75, 3.05) is 30.7 Å². The number of hydrogen-bond donors (Lipinski definition) is 3. The first-order chi connectivity index (χ1) is 18.1. The molecule has 0 aliphatic carbocycles. The van der Waals surface area contributed by atoms with Crippen molar-refractivity contribution in [1.82, 2.24) is 24.4 Å². The summed E-state index contributed by atoms with van der Waals surface area (Å²) in [5.41, 5.74) is 7.46. The van der Waals surface area contributed by atoms with Gasteiger partial charge in [0, 0.05) is 25.2 Å². The summed E-state index contributed by atoms with van der Waals surface area (Å²) in [5, 5.41) is 14.6. The third kappa shape index (κ3) is 5.11. The molecule has 11 heteroatoms. The molecule has 2 aliphatic heterocycles. The molecular weight excluding hydrogens is 486 g/mol. The van der Waals surface area contributed by atoms with Gasteiger partial charge in [0.05, 0.1) is 12.9 Å². The number of benzene rings is 1. The van der Waals surface area contributed by atoms with E-state index in [1.54, 1.807) is 4.57 Å². The Morgan fingerprint density at radius 2 is 1.97 bits per heavy atom. The number of hydrogen-bond acceptors (Lipinski definition) is 9. The monoisotopic (exact) mass is 523 g/mol. The summed E-state index contributed by atoms with van der Waals surface area (Å²) < 4.78 is 13.8. The Balaban J connectivity index is 1.12. The van der Waals surface area contributed by atoms with E-state index in [1.807, 2.05) is 19.1 Å². The Labute approximate surface area is 222 Å². The highest BCUT2D eigenvalue weighted by atomic mass is 16.6. The first kappa shape index (κ1) is 26.5. The maximum absolute atomic E-state index is 12.4. The quantitative estimate of drug-likeness (QED) is 0.399. The van der Waals surface area contributed by atoms with Crippen LogP contribution in [0.2, 0.25) is 0 Å². The van der Waals surface area contributed by atoms with Gasteiger partial charge in [-0.05, 0) is 42.9 Å². The van der Waals surface area contributed by atoms with Gasteiger partial charge in [-0.15, -0.1) is 0 Å². The van der Waals surface area contributed by atoms with E-state index >= 15 is 0 Å². The number of unbranched alkanes of at least 4 members (excludes halogenated alkanes) is 1. The summed E-state index contributed by atoms with van der Waals surface area (Å²) in [6.45, 7) is 9.90. The van der Waals surface area contributed by atoms with Gasteiger partial charge in [-0.2, -0.15) is 0 Å². The highest BCUT2D eigenvalue weighted by Gasteiger charge is 2.55. The van der Waals surface area contributed by atoms with Crippen LogP contribution in [0.4, 0.5) is 11.5 Å². The summed E-state index contributed by atoms with van der Waals surface area (Å²) >= 11 is 0. The fourth-order valence-corrected chi connectivity index (χ4v) is 5.21. The molecule has 3 aromatic rings. The molecule has 5 rings (SSSR count). The zero-order chi connectivity index (χ0) is 27.1. The van der Waals surface area contributed by atoms with Crippen molar-refractivity contribution < 1.29 is 19.4 Å². The van der Waals surface area contributed by atoms with Crippen molar-refractivity contribution in [3.63, 3.8) is 0 Å². The molecule has 4 heterocycles. The number of anilines is 2. The zero-order valence-corrected chi connectivity index (χ0v) is 22.4. The minimum absolute atomic E-state index is 0.0118. The smallest absolute Gasteiger partial charge is 0.224 e. The Hall–Kier alpha value is -3.12. The molecule has 0 spiro atoms. The van der Waals surface area contributed by atoms with Gasteiger partial charge in [-0.1, -0.05) is 32.9 Å². The van der Waals surface area contributed by atoms with E-state index in [0.29, 0.717) is 24.1 Å². The summed E-state index contributed by atoms with van der Waals surface area (Å²) in [6.07, 6.45) is 3.78. The van der Waals surface area contributed by atoms with Gasteiger partial charge in [-0.25, -0.2) is 15.0 Å². The Kier molecular flexibility index (Phi) is 7.12. The molecular formula is C27H37N7O4. The lowest BCUT2D eigenvalue weighted by Crippen LogP contribution is -2.58. The molecule has 2 saturated heterocycles. The molecule has 4 atom stereocenters. The number of rotatable bonds is 7. The molecule has 1 aromatic carbocycles. The number of carbonyl (C=O) groups is 1. The Bertz CT molecular complexity index is 1290. The third-order valence-corrected chi connectivity index (χ3v) is 7.49. The van der Waals surface area contributed by atoms with Gasteiger partial charge in [0.25, 0.3) is 0 Å². The fraction of sp³-hybridized carbons (Fsp3) is 0.556. The molecule has 0 saturated carbocycles. The summed E-state index contributed by atoms with van der Waals surface area (Å²) in [7, 11) is 0. The van der Waals surface area contributed by atoms with E-state index < -0.39 is 11.8 Å². The van der Waals surface area contributed by atoms with Gasteiger partial charge < -0.3 is 25.6 Å². The van der Waals surface area contributed by atoms with Crippen molar-refractivity contribution in [1.29, 1.82) is 0 Å². The van der Waals surface area contributed by atoms with E-state index in [9.17, 15) is 9.90 Å². The van der Waals surface area contributed by atoms with E-state index in [0.717, 1.165) is 25.1 Å². The maximum atomic E-state index is 12.4. The lowest BCUT2D eigenvalue weighted by Gasteiger charge is -2.42. The van der Waals surface area contributed by atoms with E-state index in [-0.39, 0.29) is 36.1 Å². The number of ether oxygens (including phenoxy) is 2. The number of aliphatic hydroxyl groups is 1. The molecule has 0 bridgehead atoms. The first-order valence-corrected chi connectivity index (χ1v) is 13.1. The molecule has 11 nitrogen and oxygen atoms in total. The fourth-order valence-electron chi connectivity index (χ4n) is 5.21. The molecule has 1 amide bonds. The predicted octanol–water partition coefficient (Wildman–Crippen LogP) is 2.61. The average molecular weight is 524 g/mol. The maximum Gasteiger partial charge on any atom is 0.224 e. The predicted molar refractivity (Wildman–Crippen MR) is 143 cm³/mol. The molecule has 2 aromatic heterocycles. The van der Waals surface area contributed by atoms with Crippen LogP contribution in [0, 0.1) is 0 Å². The van der Waals surface area contributed by atoms with E-state index in [2.05, 4.69) is 58.1 Å². The van der Waals surface area contributed by atoms with Crippen molar-refractivity contribution in [2.45, 2.75) is 76.5 Å². The van der Waals surface area contributed by atoms with E-state index in [1.165, 1.54) is 18.2 Å². The van der Waals surface area contributed by atoms with Crippen LogP contribution in [0.3, 0.4) is 0 Å². The van der Waals surface area contributed by atoms with Crippen LogP contribution in [0.15, 0.2) is 36.9 Å². The number of imidazole rings is 1. The number of amides is 1. The molecule has 0 radical (unpaired) electrons. The second-order valence-electron chi connectivity index (χ2n) is 11.3. The minimum atomic E-state index is -1.45. The van der Waals surface area contributed by atoms with Crippen LogP contribution < -0.4 is 11.1 Å². The van der Waals surface area contributed by atoms with Gasteiger partial charge in [0.15, 0.2) is 17.2 Å². The van der Waals surface area contributed by atoms with Gasteiger partial charge in [0.1, 0.15) is 30.3 Å². The van der Waals surface area contributed by atoms with Gasteiger partial charge >= 0.3 is 0 Å². The SMILES string of the molecule is CC1O[C@@H]2[C@@H](CN1CCCCC(=O)Nc1ccc(C(C)(C)C)cc1)OC[C@]2(O)n1cnc2c(N)ncnc21. The molecule has 204 valence electrons. The summed E-state index contributed by atoms with van der Waals surface area (Å²) in [6, 6.07) is 8.04. The molecule has 2 fully saturated rings. The topological polar surface area (TPSA) is 141 Å². The molecule has 38 heavy (non-hydrogen) atoms. The van der Waals surface area contributed by atoms with Gasteiger partial charge in [-0.3, -0.25) is 14.3 Å². The third-order valence-electron chi connectivity index (χ3n) is 7.49. The van der Waals surface area contributed by atoms with Crippen LogP contribution in [0.1, 0.15) is 52.5 Å². The lowest BCUT2D eigenvalue weighted by atomic mass is 9.87. The summed E-state index contributed by atoms with van der Waals surface area (Å²) in [5.74, 6) is 0.266. The second kappa shape index (κ2) is 10.2. The van der Waals surface area contributed by atoms with E-state index in [4.69, 9.17) is 15.2 Å². The van der Waals surface area contributed by atoms with Crippen molar-refractivity contribution in [3.8, 4) is 0 Å². The molecule has 1 unspecified atom stereocenters. The number of nitrogens with two attached hydrogens (primary N) is 1. The van der Waals surface area contributed by atoms with Crippen molar-refractivity contribution in [3.05, 3.63) is 42.5 Å². The van der Waals surface area contributed by atoms with Crippen molar-refractivity contribution >= 4 is 28.6 Å². The van der Waals surface area contributed by atoms with Crippen LogP contribution in [-0.4, -0.2) is 73.6 Å².